The number of phenolic OH excluding ortho intramolecular Hbond substituents is 2. The van der Waals surface area contributed by atoms with E-state index < -0.39 is 50.7 Å². The van der Waals surface area contributed by atoms with Crippen molar-refractivity contribution >= 4 is 17.3 Å². The zero-order valence-electron chi connectivity index (χ0n) is 12.5. The van der Waals surface area contributed by atoms with Gasteiger partial charge >= 0.3 is 11.9 Å². The summed E-state index contributed by atoms with van der Waals surface area (Å²) < 4.78 is 37.7. The molecule has 0 bridgehead atoms. The molecule has 1 aromatic carbocycles. The summed E-state index contributed by atoms with van der Waals surface area (Å²) >= 11 is 0. The Bertz CT molecular complexity index is 1020. The van der Waals surface area contributed by atoms with Crippen LogP contribution in [0, 0.1) is 21.4 Å². The number of pyridine rings is 1. The molecule has 0 saturated carbocycles. The van der Waals surface area contributed by atoms with Gasteiger partial charge in [0.25, 0.3) is 5.56 Å². The van der Waals surface area contributed by atoms with Crippen molar-refractivity contribution in [2.75, 3.05) is 0 Å². The van der Waals surface area contributed by atoms with Crippen molar-refractivity contribution in [1.29, 1.82) is 5.26 Å². The Morgan fingerprint density at radius 3 is 2.46 bits per heavy atom. The number of nitro groups is 1. The van der Waals surface area contributed by atoms with Gasteiger partial charge in [0, 0.05) is 6.07 Å². The lowest BCUT2D eigenvalue weighted by molar-refractivity contribution is -0.386. The smallest absolute Gasteiger partial charge is 0.431 e. The number of aromatic nitrogens is 1. The molecule has 11 heteroatoms. The number of hydrogen-bond acceptors (Lipinski definition) is 6. The molecule has 0 aliphatic heterocycles. The molecular formula is C15H8F3N3O5. The second-order valence-electron chi connectivity index (χ2n) is 4.95. The first-order valence-electron chi connectivity index (χ1n) is 6.67. The van der Waals surface area contributed by atoms with Gasteiger partial charge in [0.15, 0.2) is 5.75 Å². The van der Waals surface area contributed by atoms with Gasteiger partial charge in [0.05, 0.1) is 22.1 Å². The Morgan fingerprint density at radius 1 is 1.31 bits per heavy atom. The highest BCUT2D eigenvalue weighted by Gasteiger charge is 2.32. The lowest BCUT2D eigenvalue weighted by Gasteiger charge is -2.07. The van der Waals surface area contributed by atoms with Crippen molar-refractivity contribution in [3.63, 3.8) is 0 Å². The van der Waals surface area contributed by atoms with Crippen molar-refractivity contribution in [1.82, 2.24) is 4.98 Å². The van der Waals surface area contributed by atoms with Crippen LogP contribution in [0.25, 0.3) is 11.6 Å². The topological polar surface area (TPSA) is 140 Å². The third kappa shape index (κ3) is 3.64. The maximum atomic E-state index is 12.6. The molecule has 0 amide bonds. The second kappa shape index (κ2) is 6.60. The maximum Gasteiger partial charge on any atom is 0.431 e. The predicted octanol–water partition coefficient (Wildman–Crippen LogP) is 2.78. The lowest BCUT2D eigenvalue weighted by Crippen LogP contribution is -2.18. The van der Waals surface area contributed by atoms with Crippen LogP contribution in [0.15, 0.2) is 29.1 Å². The number of alkyl halides is 3. The molecule has 2 aromatic rings. The van der Waals surface area contributed by atoms with E-state index in [0.717, 1.165) is 24.3 Å². The summed E-state index contributed by atoms with van der Waals surface area (Å²) in [5.41, 5.74) is -4.28. The fourth-order valence-corrected chi connectivity index (χ4v) is 2.04. The summed E-state index contributed by atoms with van der Waals surface area (Å²) in [5, 5.41) is 38.9. The minimum Gasteiger partial charge on any atom is -0.504 e. The molecule has 8 nitrogen and oxygen atoms in total. The highest BCUT2D eigenvalue weighted by molar-refractivity contribution is 5.90. The van der Waals surface area contributed by atoms with Crippen LogP contribution in [0.5, 0.6) is 11.5 Å². The van der Waals surface area contributed by atoms with Gasteiger partial charge in [0.2, 0.25) is 5.75 Å². The first-order valence-corrected chi connectivity index (χ1v) is 6.67. The summed E-state index contributed by atoms with van der Waals surface area (Å²) in [7, 11) is 0. The van der Waals surface area contributed by atoms with Gasteiger partial charge in [-0.25, -0.2) is 0 Å². The van der Waals surface area contributed by atoms with Gasteiger partial charge in [-0.15, -0.1) is 0 Å². The number of nitro benzene ring substituents is 1. The highest BCUT2D eigenvalue weighted by atomic mass is 19.4. The highest BCUT2D eigenvalue weighted by Crippen LogP contribution is 2.37. The Hall–Kier alpha value is -3.81. The van der Waals surface area contributed by atoms with E-state index in [4.69, 9.17) is 5.26 Å². The zero-order valence-corrected chi connectivity index (χ0v) is 12.5. The van der Waals surface area contributed by atoms with Crippen LogP contribution in [0.4, 0.5) is 18.9 Å². The van der Waals surface area contributed by atoms with E-state index in [1.165, 1.54) is 0 Å². The number of nitrogens with zero attached hydrogens (tertiary/aromatic N) is 2. The number of hydrogen-bond donors (Lipinski definition) is 3. The minimum atomic E-state index is -4.78. The number of aromatic amines is 1. The third-order valence-electron chi connectivity index (χ3n) is 3.23. The summed E-state index contributed by atoms with van der Waals surface area (Å²) in [4.78, 5) is 23.3. The van der Waals surface area contributed by atoms with E-state index in [9.17, 15) is 38.3 Å². The largest absolute Gasteiger partial charge is 0.504 e. The number of H-pyrrole nitrogens is 1. The standard InChI is InChI=1S/C15H8F3N3O5/c16-15(17,18)12-2-1-9(14(24)20-12)8(6-19)3-7-4-10(21(25)26)13(23)11(22)5-7/h1-5,22-23H,(H,20,24). The van der Waals surface area contributed by atoms with Crippen LogP contribution in [0.2, 0.25) is 0 Å². The molecule has 0 aliphatic carbocycles. The maximum absolute atomic E-state index is 12.6. The Balaban J connectivity index is 2.59. The molecule has 0 unspecified atom stereocenters. The third-order valence-corrected chi connectivity index (χ3v) is 3.23. The summed E-state index contributed by atoms with van der Waals surface area (Å²) in [6.45, 7) is 0. The van der Waals surface area contributed by atoms with Gasteiger partial charge < -0.3 is 15.2 Å². The normalized spacial score (nSPS) is 11.8. The average Bonchev–Trinajstić information content (AvgIpc) is 2.54. The number of phenols is 2. The number of benzene rings is 1. The minimum absolute atomic E-state index is 0.122. The Morgan fingerprint density at radius 2 is 1.96 bits per heavy atom. The van der Waals surface area contributed by atoms with Gasteiger partial charge in [-0.1, -0.05) is 0 Å². The van der Waals surface area contributed by atoms with Gasteiger partial charge in [-0.2, -0.15) is 18.4 Å². The second-order valence-corrected chi connectivity index (χ2v) is 4.95. The Labute approximate surface area is 142 Å². The van der Waals surface area contributed by atoms with Crippen LogP contribution in [-0.4, -0.2) is 20.1 Å². The van der Waals surface area contributed by atoms with Crippen LogP contribution in [0.1, 0.15) is 16.8 Å². The fraction of sp³-hybridized carbons (Fsp3) is 0.0667. The number of nitrogens with one attached hydrogen (secondary N) is 1. The summed E-state index contributed by atoms with van der Waals surface area (Å²) in [6.07, 6.45) is -3.83. The fourth-order valence-electron chi connectivity index (χ4n) is 2.04. The number of halogens is 3. The summed E-state index contributed by atoms with van der Waals surface area (Å²) in [6, 6.07) is 4.66. The van der Waals surface area contributed by atoms with E-state index in [2.05, 4.69) is 0 Å². The number of rotatable bonds is 3. The molecule has 26 heavy (non-hydrogen) atoms. The molecule has 3 N–H and O–H groups in total. The van der Waals surface area contributed by atoms with Crippen molar-refractivity contribution in [2.45, 2.75) is 6.18 Å². The van der Waals surface area contributed by atoms with Crippen molar-refractivity contribution in [3.05, 3.63) is 61.6 Å². The molecular weight excluding hydrogens is 359 g/mol. The quantitative estimate of drug-likeness (QED) is 0.330. The molecule has 0 atom stereocenters. The predicted molar refractivity (Wildman–Crippen MR) is 82.0 cm³/mol. The van der Waals surface area contributed by atoms with E-state index in [0.29, 0.717) is 6.07 Å². The molecule has 0 spiro atoms. The zero-order chi connectivity index (χ0) is 19.6. The molecule has 134 valence electrons. The average molecular weight is 367 g/mol. The van der Waals surface area contributed by atoms with Gasteiger partial charge in [-0.3, -0.25) is 14.9 Å². The number of nitriles is 1. The van der Waals surface area contributed by atoms with Crippen molar-refractivity contribution in [3.8, 4) is 17.6 Å². The van der Waals surface area contributed by atoms with Crippen LogP contribution >= 0.6 is 0 Å². The Kier molecular flexibility index (Phi) is 4.70. The summed E-state index contributed by atoms with van der Waals surface area (Å²) in [5.74, 6) is -1.83. The van der Waals surface area contributed by atoms with Gasteiger partial charge in [-0.05, 0) is 29.8 Å². The van der Waals surface area contributed by atoms with E-state index in [1.54, 1.807) is 11.1 Å². The molecule has 1 heterocycles. The van der Waals surface area contributed by atoms with Crippen molar-refractivity contribution in [2.24, 2.45) is 0 Å². The first kappa shape index (κ1) is 18.5. The molecule has 0 radical (unpaired) electrons. The first-order chi connectivity index (χ1) is 12.0. The number of allylic oxidation sites excluding steroid dienone is 1. The molecule has 0 saturated heterocycles. The molecule has 0 aliphatic rings. The number of aromatic hydroxyl groups is 2. The van der Waals surface area contributed by atoms with E-state index >= 15 is 0 Å². The van der Waals surface area contributed by atoms with Crippen LogP contribution < -0.4 is 5.56 Å². The van der Waals surface area contributed by atoms with Gasteiger partial charge in [0.1, 0.15) is 5.69 Å². The van der Waals surface area contributed by atoms with E-state index in [-0.39, 0.29) is 5.56 Å². The molecule has 2 rings (SSSR count). The lowest BCUT2D eigenvalue weighted by atomic mass is 10.0. The van der Waals surface area contributed by atoms with Crippen LogP contribution in [0.3, 0.4) is 0 Å². The van der Waals surface area contributed by atoms with Crippen molar-refractivity contribution < 1.29 is 28.3 Å². The van der Waals surface area contributed by atoms with Crippen LogP contribution in [-0.2, 0) is 6.18 Å². The molecule has 1 aromatic heterocycles. The SMILES string of the molecule is N#CC(=Cc1cc(O)c(O)c([N+](=O)[O-])c1)c1ccc(C(F)(F)F)[nH]c1=O. The molecule has 0 fully saturated rings. The van der Waals surface area contributed by atoms with E-state index in [1.807, 2.05) is 0 Å². The monoisotopic (exact) mass is 367 g/mol.